The summed E-state index contributed by atoms with van der Waals surface area (Å²) in [5, 5.41) is 4.13. The molecule has 0 aliphatic carbocycles. The van der Waals surface area contributed by atoms with E-state index in [0.717, 1.165) is 45.0 Å². The zero-order valence-electron chi connectivity index (χ0n) is 15.5. The highest BCUT2D eigenvalue weighted by atomic mass is 16.1. The average Bonchev–Trinajstić information content (AvgIpc) is 3.12. The number of hydrogen-bond donors (Lipinski definition) is 0. The first kappa shape index (κ1) is 17.5. The molecule has 0 N–H and O–H groups in total. The minimum absolute atomic E-state index is 0.0665. The number of aromatic nitrogens is 4. The summed E-state index contributed by atoms with van der Waals surface area (Å²) in [6.45, 7) is 5.50. The van der Waals surface area contributed by atoms with Crippen molar-refractivity contribution in [2.75, 3.05) is 31.1 Å². The fourth-order valence-electron chi connectivity index (χ4n) is 3.46. The van der Waals surface area contributed by atoms with E-state index >= 15 is 0 Å². The second-order valence-electron chi connectivity index (χ2n) is 6.93. The van der Waals surface area contributed by atoms with Gasteiger partial charge < -0.3 is 9.47 Å². The third kappa shape index (κ3) is 4.09. The molecule has 4 rings (SSSR count). The second kappa shape index (κ2) is 7.75. The molecular formula is C20H24N6O. The normalized spacial score (nSPS) is 15.2. The quantitative estimate of drug-likeness (QED) is 0.684. The predicted octanol–water partition coefficient (Wildman–Crippen LogP) is 1.35. The van der Waals surface area contributed by atoms with Gasteiger partial charge in [0.2, 0.25) is 0 Å². The molecule has 0 amide bonds. The number of anilines is 1. The van der Waals surface area contributed by atoms with E-state index < -0.39 is 0 Å². The molecule has 1 fully saturated rings. The Labute approximate surface area is 158 Å². The molecule has 0 aromatic carbocycles. The van der Waals surface area contributed by atoms with Crippen molar-refractivity contribution in [3.05, 3.63) is 76.7 Å². The van der Waals surface area contributed by atoms with Crippen LogP contribution in [-0.4, -0.2) is 50.4 Å². The molecular weight excluding hydrogens is 340 g/mol. The topological polar surface area (TPSA) is 59.2 Å². The highest BCUT2D eigenvalue weighted by Crippen LogP contribution is 2.16. The van der Waals surface area contributed by atoms with Crippen LogP contribution in [0.15, 0.2) is 59.9 Å². The number of pyridine rings is 1. The summed E-state index contributed by atoms with van der Waals surface area (Å²) in [7, 11) is 1.67. The highest BCUT2D eigenvalue weighted by molar-refractivity contribution is 5.43. The van der Waals surface area contributed by atoms with Gasteiger partial charge in [-0.2, -0.15) is 5.10 Å². The fraction of sp³-hybridized carbons (Fsp3) is 0.350. The third-order valence-corrected chi connectivity index (χ3v) is 5.08. The Morgan fingerprint density at radius 2 is 1.89 bits per heavy atom. The number of nitrogens with zero attached hydrogens (tertiary/aromatic N) is 6. The van der Waals surface area contributed by atoms with E-state index in [4.69, 9.17) is 0 Å². The minimum Gasteiger partial charge on any atom is -0.368 e. The molecule has 7 heteroatoms. The first-order valence-electron chi connectivity index (χ1n) is 9.22. The van der Waals surface area contributed by atoms with Crippen LogP contribution in [0, 0.1) is 0 Å². The van der Waals surface area contributed by atoms with Gasteiger partial charge in [0.15, 0.2) is 0 Å². The van der Waals surface area contributed by atoms with Gasteiger partial charge in [-0.05, 0) is 23.8 Å². The van der Waals surface area contributed by atoms with Crippen LogP contribution >= 0.6 is 0 Å². The van der Waals surface area contributed by atoms with Crippen LogP contribution in [0.25, 0.3) is 0 Å². The predicted molar refractivity (Wildman–Crippen MR) is 105 cm³/mol. The van der Waals surface area contributed by atoms with E-state index in [-0.39, 0.29) is 5.56 Å². The van der Waals surface area contributed by atoms with Gasteiger partial charge in [0.05, 0.1) is 11.9 Å². The lowest BCUT2D eigenvalue weighted by atomic mass is 10.2. The van der Waals surface area contributed by atoms with Crippen molar-refractivity contribution >= 4 is 5.69 Å². The molecule has 0 unspecified atom stereocenters. The van der Waals surface area contributed by atoms with Crippen molar-refractivity contribution in [3.63, 3.8) is 0 Å². The lowest BCUT2D eigenvalue weighted by Crippen LogP contribution is -2.46. The Balaban J connectivity index is 1.36. The van der Waals surface area contributed by atoms with Gasteiger partial charge in [-0.25, -0.2) is 4.68 Å². The Morgan fingerprint density at radius 1 is 1.04 bits per heavy atom. The molecule has 4 heterocycles. The Bertz CT molecular complexity index is 940. The first-order chi connectivity index (χ1) is 13.2. The van der Waals surface area contributed by atoms with Gasteiger partial charge in [0.1, 0.15) is 0 Å². The highest BCUT2D eigenvalue weighted by Gasteiger charge is 2.19. The van der Waals surface area contributed by atoms with Crippen molar-refractivity contribution in [1.29, 1.82) is 0 Å². The van der Waals surface area contributed by atoms with E-state index in [2.05, 4.69) is 48.8 Å². The van der Waals surface area contributed by atoms with E-state index in [1.807, 2.05) is 12.3 Å². The van der Waals surface area contributed by atoms with Gasteiger partial charge in [-0.1, -0.05) is 6.07 Å². The SMILES string of the molecule is Cn1ncc(N2CCN(Cc3cccn3Cc3cccnc3)CC2)cc1=O. The molecule has 3 aromatic heterocycles. The molecule has 7 nitrogen and oxygen atoms in total. The van der Waals surface area contributed by atoms with Crippen LogP contribution < -0.4 is 10.5 Å². The molecule has 0 saturated carbocycles. The summed E-state index contributed by atoms with van der Waals surface area (Å²) in [5.41, 5.74) is 3.36. The summed E-state index contributed by atoms with van der Waals surface area (Å²) in [4.78, 5) is 20.7. The summed E-state index contributed by atoms with van der Waals surface area (Å²) in [5.74, 6) is 0. The fourth-order valence-corrected chi connectivity index (χ4v) is 3.46. The molecule has 1 saturated heterocycles. The van der Waals surface area contributed by atoms with E-state index in [9.17, 15) is 4.79 Å². The van der Waals surface area contributed by atoms with Crippen LogP contribution in [-0.2, 0) is 20.1 Å². The molecule has 0 atom stereocenters. The summed E-state index contributed by atoms with van der Waals surface area (Å²) in [6, 6.07) is 10.0. The third-order valence-electron chi connectivity index (χ3n) is 5.08. The lowest BCUT2D eigenvalue weighted by molar-refractivity contribution is 0.244. The molecule has 3 aromatic rings. The summed E-state index contributed by atoms with van der Waals surface area (Å²) in [6.07, 6.45) is 7.62. The largest absolute Gasteiger partial charge is 0.368 e. The lowest BCUT2D eigenvalue weighted by Gasteiger charge is -2.36. The Morgan fingerprint density at radius 3 is 2.63 bits per heavy atom. The van der Waals surface area contributed by atoms with Gasteiger partial charge in [-0.15, -0.1) is 0 Å². The second-order valence-corrected chi connectivity index (χ2v) is 6.93. The Hall–Kier alpha value is -2.93. The van der Waals surface area contributed by atoms with Crippen LogP contribution in [0.4, 0.5) is 5.69 Å². The van der Waals surface area contributed by atoms with Crippen LogP contribution in [0.2, 0.25) is 0 Å². The van der Waals surface area contributed by atoms with Crippen LogP contribution in [0.1, 0.15) is 11.3 Å². The standard InChI is InChI=1S/C20H24N6O/c1-23-20(27)12-19(14-22-23)25-10-8-24(9-11-25)16-18-5-3-7-26(18)15-17-4-2-6-21-13-17/h2-7,12-14H,8-11,15-16H2,1H3. The maximum atomic E-state index is 11.8. The van der Waals surface area contributed by atoms with Crippen molar-refractivity contribution in [3.8, 4) is 0 Å². The molecule has 1 aliphatic heterocycles. The molecule has 27 heavy (non-hydrogen) atoms. The number of aryl methyl sites for hydroxylation is 1. The van der Waals surface area contributed by atoms with Gasteiger partial charge >= 0.3 is 0 Å². The number of piperazine rings is 1. The number of hydrogen-bond acceptors (Lipinski definition) is 5. The van der Waals surface area contributed by atoms with Gasteiger partial charge in [0.25, 0.3) is 5.56 Å². The summed E-state index contributed by atoms with van der Waals surface area (Å²) < 4.78 is 3.64. The van der Waals surface area contributed by atoms with Crippen molar-refractivity contribution in [2.24, 2.45) is 7.05 Å². The van der Waals surface area contributed by atoms with Gasteiger partial charge in [0, 0.05) is 76.7 Å². The van der Waals surface area contributed by atoms with E-state index in [0.29, 0.717) is 0 Å². The zero-order chi connectivity index (χ0) is 18.6. The maximum Gasteiger partial charge on any atom is 0.268 e. The number of rotatable bonds is 5. The van der Waals surface area contributed by atoms with E-state index in [1.54, 1.807) is 25.5 Å². The summed E-state index contributed by atoms with van der Waals surface area (Å²) >= 11 is 0. The van der Waals surface area contributed by atoms with Crippen LogP contribution in [0.3, 0.4) is 0 Å². The monoisotopic (exact) mass is 364 g/mol. The maximum absolute atomic E-state index is 11.8. The van der Waals surface area contributed by atoms with Crippen molar-refractivity contribution < 1.29 is 0 Å². The smallest absolute Gasteiger partial charge is 0.268 e. The molecule has 140 valence electrons. The van der Waals surface area contributed by atoms with Gasteiger partial charge in [-0.3, -0.25) is 14.7 Å². The molecule has 1 aliphatic rings. The minimum atomic E-state index is -0.0665. The van der Waals surface area contributed by atoms with E-state index in [1.165, 1.54) is 15.9 Å². The van der Waals surface area contributed by atoms with Crippen LogP contribution in [0.5, 0.6) is 0 Å². The first-order valence-corrected chi connectivity index (χ1v) is 9.22. The molecule has 0 spiro atoms. The average molecular weight is 364 g/mol. The zero-order valence-corrected chi connectivity index (χ0v) is 15.5. The Kier molecular flexibility index (Phi) is 5.02. The molecule has 0 bridgehead atoms. The van der Waals surface area contributed by atoms with Crippen molar-refractivity contribution in [1.82, 2.24) is 24.2 Å². The molecule has 0 radical (unpaired) electrons. The van der Waals surface area contributed by atoms with Crippen molar-refractivity contribution in [2.45, 2.75) is 13.1 Å².